The van der Waals surface area contributed by atoms with Crippen LogP contribution in [0.25, 0.3) is 22.5 Å². The first kappa shape index (κ1) is 22.0. The Hall–Kier alpha value is -3.86. The number of hydrogen-bond donors (Lipinski definition) is 1. The molecule has 2 heterocycles. The Morgan fingerprint density at radius 1 is 1.00 bits per heavy atom. The summed E-state index contributed by atoms with van der Waals surface area (Å²) in [5.41, 5.74) is 8.02. The third-order valence-electron chi connectivity index (χ3n) is 6.26. The summed E-state index contributed by atoms with van der Waals surface area (Å²) in [6.45, 7) is 6.27. The molecular formula is C29H28N2O3. The predicted octanol–water partition coefficient (Wildman–Crippen LogP) is 5.53. The van der Waals surface area contributed by atoms with Gasteiger partial charge in [-0.15, -0.1) is 0 Å². The van der Waals surface area contributed by atoms with Crippen LogP contribution in [0.4, 0.5) is 0 Å². The Morgan fingerprint density at radius 2 is 1.76 bits per heavy atom. The van der Waals surface area contributed by atoms with Gasteiger partial charge in [0, 0.05) is 12.1 Å². The van der Waals surface area contributed by atoms with Crippen LogP contribution in [0.1, 0.15) is 46.6 Å². The fourth-order valence-electron chi connectivity index (χ4n) is 4.78. The highest BCUT2D eigenvalue weighted by molar-refractivity contribution is 5.90. The van der Waals surface area contributed by atoms with E-state index in [4.69, 9.17) is 4.74 Å². The van der Waals surface area contributed by atoms with Gasteiger partial charge in [-0.3, -0.25) is 4.79 Å². The number of aromatic nitrogens is 2. The van der Waals surface area contributed by atoms with Crippen molar-refractivity contribution >= 4 is 5.97 Å². The van der Waals surface area contributed by atoms with E-state index in [1.165, 1.54) is 0 Å². The number of hydrogen-bond acceptors (Lipinski definition) is 3. The summed E-state index contributed by atoms with van der Waals surface area (Å²) in [5.74, 6) is -0.346. The zero-order valence-electron chi connectivity index (χ0n) is 19.7. The molecule has 0 saturated carbocycles. The van der Waals surface area contributed by atoms with E-state index in [0.717, 1.165) is 52.0 Å². The van der Waals surface area contributed by atoms with Gasteiger partial charge < -0.3 is 14.3 Å². The smallest absolute Gasteiger partial charge is 0.355 e. The van der Waals surface area contributed by atoms with Gasteiger partial charge in [0.05, 0.1) is 17.5 Å². The topological polar surface area (TPSA) is 64.1 Å². The summed E-state index contributed by atoms with van der Waals surface area (Å²) in [4.78, 5) is 29.4. The number of benzene rings is 2. The SMILES string of the molecule is Cc1cccc(Cn2c(C(=O)OC(C)C)cc3c2-c2[nH]c(=O)c(-c4ccccc4)cc2CC3)c1. The lowest BCUT2D eigenvalue weighted by molar-refractivity contribution is 0.0366. The molecule has 5 rings (SSSR count). The first-order valence-corrected chi connectivity index (χ1v) is 11.7. The van der Waals surface area contributed by atoms with E-state index in [0.29, 0.717) is 17.8 Å². The maximum atomic E-state index is 13.1. The van der Waals surface area contributed by atoms with Crippen molar-refractivity contribution in [1.82, 2.24) is 9.55 Å². The maximum absolute atomic E-state index is 13.1. The van der Waals surface area contributed by atoms with Crippen LogP contribution < -0.4 is 5.56 Å². The van der Waals surface area contributed by atoms with E-state index < -0.39 is 0 Å². The lowest BCUT2D eigenvalue weighted by Crippen LogP contribution is -2.20. The van der Waals surface area contributed by atoms with Crippen molar-refractivity contribution in [1.29, 1.82) is 0 Å². The molecule has 0 spiro atoms. The Morgan fingerprint density at radius 3 is 2.50 bits per heavy atom. The zero-order valence-corrected chi connectivity index (χ0v) is 19.7. The van der Waals surface area contributed by atoms with Crippen molar-refractivity contribution < 1.29 is 9.53 Å². The minimum atomic E-state index is -0.346. The van der Waals surface area contributed by atoms with Crippen molar-refractivity contribution in [2.45, 2.75) is 46.3 Å². The Labute approximate surface area is 199 Å². The number of ether oxygens (including phenoxy) is 1. The number of pyridine rings is 1. The van der Waals surface area contributed by atoms with Crippen LogP contribution in [0.15, 0.2) is 71.5 Å². The van der Waals surface area contributed by atoms with Crippen LogP contribution in [0.2, 0.25) is 0 Å². The minimum absolute atomic E-state index is 0.132. The van der Waals surface area contributed by atoms with E-state index in [-0.39, 0.29) is 17.6 Å². The summed E-state index contributed by atoms with van der Waals surface area (Å²) in [6, 6.07) is 21.9. The van der Waals surface area contributed by atoms with E-state index in [2.05, 4.69) is 30.1 Å². The molecule has 0 unspecified atom stereocenters. The van der Waals surface area contributed by atoms with E-state index in [1.807, 2.05) is 66.9 Å². The first-order valence-electron chi connectivity index (χ1n) is 11.7. The number of carbonyl (C=O) groups excluding carboxylic acids is 1. The molecule has 4 aromatic rings. The van der Waals surface area contributed by atoms with Crippen molar-refractivity contribution in [2.75, 3.05) is 0 Å². The van der Waals surface area contributed by atoms with Crippen molar-refractivity contribution in [2.24, 2.45) is 0 Å². The van der Waals surface area contributed by atoms with Gasteiger partial charge in [0.1, 0.15) is 5.69 Å². The summed E-state index contributed by atoms with van der Waals surface area (Å²) in [5, 5.41) is 0. The molecule has 1 N–H and O–H groups in total. The van der Waals surface area contributed by atoms with Gasteiger partial charge in [0.2, 0.25) is 0 Å². The summed E-state index contributed by atoms with van der Waals surface area (Å²) in [7, 11) is 0. The highest BCUT2D eigenvalue weighted by Gasteiger charge is 2.28. The molecule has 1 aliphatic rings. The number of carbonyl (C=O) groups is 1. The highest BCUT2D eigenvalue weighted by Crippen LogP contribution is 2.36. The molecule has 5 nitrogen and oxygen atoms in total. The monoisotopic (exact) mass is 452 g/mol. The lowest BCUT2D eigenvalue weighted by atomic mass is 9.92. The molecule has 0 atom stereocenters. The molecule has 0 amide bonds. The number of nitrogens with one attached hydrogen (secondary N) is 1. The molecular weight excluding hydrogens is 424 g/mol. The van der Waals surface area contributed by atoms with Crippen LogP contribution in [0.3, 0.4) is 0 Å². The molecule has 34 heavy (non-hydrogen) atoms. The van der Waals surface area contributed by atoms with Gasteiger partial charge in [-0.2, -0.15) is 0 Å². The van der Waals surface area contributed by atoms with Gasteiger partial charge >= 0.3 is 5.97 Å². The third-order valence-corrected chi connectivity index (χ3v) is 6.26. The number of aromatic amines is 1. The van der Waals surface area contributed by atoms with Crippen molar-refractivity contribution in [3.05, 3.63) is 105 Å². The average Bonchev–Trinajstić information content (AvgIpc) is 3.18. The fraction of sp³-hybridized carbons (Fsp3) is 0.241. The molecule has 2 aromatic heterocycles. The number of fused-ring (bicyclic) bond motifs is 3. The summed E-state index contributed by atoms with van der Waals surface area (Å²) < 4.78 is 7.58. The molecule has 5 heteroatoms. The number of rotatable bonds is 5. The highest BCUT2D eigenvalue weighted by atomic mass is 16.5. The molecule has 172 valence electrons. The van der Waals surface area contributed by atoms with E-state index >= 15 is 0 Å². The number of esters is 1. The summed E-state index contributed by atoms with van der Waals surface area (Å²) in [6.07, 6.45) is 1.38. The van der Waals surface area contributed by atoms with E-state index in [1.54, 1.807) is 0 Å². The second-order valence-corrected chi connectivity index (χ2v) is 9.21. The van der Waals surface area contributed by atoms with Crippen molar-refractivity contribution in [3.8, 4) is 22.5 Å². The molecule has 0 bridgehead atoms. The Bertz CT molecular complexity index is 1430. The Kier molecular flexibility index (Phi) is 5.70. The van der Waals surface area contributed by atoms with Gasteiger partial charge in [0.15, 0.2) is 0 Å². The van der Waals surface area contributed by atoms with Gasteiger partial charge in [-0.25, -0.2) is 4.79 Å². The second-order valence-electron chi connectivity index (χ2n) is 9.21. The van der Waals surface area contributed by atoms with Crippen molar-refractivity contribution in [3.63, 3.8) is 0 Å². The maximum Gasteiger partial charge on any atom is 0.355 e. The normalized spacial score (nSPS) is 12.4. The standard InChI is InChI=1S/C29H28N2O3/c1-18(2)34-29(33)25-16-23-13-12-22-15-24(21-10-5-4-6-11-21)28(32)30-26(22)27(23)31(25)17-20-9-7-8-19(3)14-20/h4-11,14-16,18H,12-13,17H2,1-3H3,(H,30,32). The van der Waals surface area contributed by atoms with Gasteiger partial charge in [0.25, 0.3) is 5.56 Å². The molecule has 0 saturated heterocycles. The first-order chi connectivity index (χ1) is 16.4. The molecule has 2 aromatic carbocycles. The number of H-pyrrole nitrogens is 1. The van der Waals surface area contributed by atoms with Crippen LogP contribution in [-0.2, 0) is 24.1 Å². The van der Waals surface area contributed by atoms with Crippen LogP contribution in [-0.4, -0.2) is 21.6 Å². The second kappa shape index (κ2) is 8.82. The number of aryl methyl sites for hydroxylation is 3. The van der Waals surface area contributed by atoms with Crippen LogP contribution >= 0.6 is 0 Å². The lowest BCUT2D eigenvalue weighted by Gasteiger charge is -2.21. The van der Waals surface area contributed by atoms with Gasteiger partial charge in [-0.1, -0.05) is 60.2 Å². The largest absolute Gasteiger partial charge is 0.458 e. The van der Waals surface area contributed by atoms with E-state index in [9.17, 15) is 9.59 Å². The average molecular weight is 453 g/mol. The molecule has 0 fully saturated rings. The quantitative estimate of drug-likeness (QED) is 0.405. The molecule has 0 radical (unpaired) electrons. The Balaban J connectivity index is 1.67. The summed E-state index contributed by atoms with van der Waals surface area (Å²) >= 11 is 0. The molecule has 1 aliphatic carbocycles. The number of nitrogens with zero attached hydrogens (tertiary/aromatic N) is 1. The van der Waals surface area contributed by atoms with Crippen LogP contribution in [0.5, 0.6) is 0 Å². The van der Waals surface area contributed by atoms with Crippen LogP contribution in [0, 0.1) is 6.92 Å². The predicted molar refractivity (Wildman–Crippen MR) is 134 cm³/mol. The third kappa shape index (κ3) is 4.10. The molecule has 0 aliphatic heterocycles. The fourth-order valence-corrected chi connectivity index (χ4v) is 4.78. The van der Waals surface area contributed by atoms with Gasteiger partial charge in [-0.05, 0) is 68.0 Å². The minimum Gasteiger partial charge on any atom is -0.458 e. The zero-order chi connectivity index (χ0) is 23.8.